The van der Waals surface area contributed by atoms with Crippen LogP contribution in [0.3, 0.4) is 0 Å². The SMILES string of the molecule is C1=CC(N(c2ccccc2)c2ccc(N(c3ccc(/C(=N\c4ccccc4)c4ccc(N(c5ccc(N(c6ccccc6)c6ccccc6)cc5)c5ccc(N(c6ccccc6)c6ccccc6)cc5)cc4)cc3)c3ccc(N(c4ccccc4)c4ccccc4)cc3)cc2)=CCC1. The third kappa shape index (κ3) is 13.6. The normalized spacial score (nSPS) is 11.9. The summed E-state index contributed by atoms with van der Waals surface area (Å²) in [7, 11) is 0. The molecule has 1 aliphatic rings. The van der Waals surface area contributed by atoms with Crippen LogP contribution in [0.4, 0.5) is 102 Å². The number of allylic oxidation sites excluding steroid dienone is 3. The molecule has 7 nitrogen and oxygen atoms in total. The Balaban J connectivity index is 0.804. The Morgan fingerprint density at radius 3 is 0.612 bits per heavy atom. The van der Waals surface area contributed by atoms with E-state index in [0.29, 0.717) is 0 Å². The average molecular weight is 1260 g/mol. The van der Waals surface area contributed by atoms with Gasteiger partial charge in [0.1, 0.15) is 0 Å². The van der Waals surface area contributed by atoms with E-state index in [1.807, 2.05) is 18.2 Å². The van der Waals surface area contributed by atoms with Crippen molar-refractivity contribution in [2.45, 2.75) is 12.8 Å². The molecule has 0 aliphatic heterocycles. The van der Waals surface area contributed by atoms with E-state index in [-0.39, 0.29) is 0 Å². The molecule has 0 spiro atoms. The van der Waals surface area contributed by atoms with E-state index in [0.717, 1.165) is 132 Å². The summed E-state index contributed by atoms with van der Waals surface area (Å²) in [4.78, 5) is 19.4. The Kier molecular flexibility index (Phi) is 18.2. The first-order chi connectivity index (χ1) is 48.6. The number of hydrogen-bond acceptors (Lipinski definition) is 7. The molecule has 0 saturated carbocycles. The van der Waals surface area contributed by atoms with E-state index >= 15 is 0 Å². The highest BCUT2D eigenvalue weighted by Crippen LogP contribution is 2.44. The van der Waals surface area contributed by atoms with Crippen LogP contribution in [-0.2, 0) is 0 Å². The maximum Gasteiger partial charge on any atom is 0.0781 e. The number of para-hydroxylation sites is 8. The number of rotatable bonds is 21. The molecule has 0 aromatic heterocycles. The molecule has 15 rings (SSSR count). The molecule has 1 aliphatic carbocycles. The summed E-state index contributed by atoms with van der Waals surface area (Å²) in [5.41, 5.74) is 22.8. The van der Waals surface area contributed by atoms with Crippen molar-refractivity contribution < 1.29 is 0 Å². The summed E-state index contributed by atoms with van der Waals surface area (Å²) in [5, 5.41) is 0. The first-order valence-corrected chi connectivity index (χ1v) is 33.4. The molecule has 0 radical (unpaired) electrons. The highest BCUT2D eigenvalue weighted by molar-refractivity contribution is 6.14. The molecule has 0 saturated heterocycles. The molecule has 98 heavy (non-hydrogen) atoms. The Bertz CT molecular complexity index is 4700. The number of aliphatic imine (C=N–C) groups is 1. The van der Waals surface area contributed by atoms with Crippen LogP contribution in [0.1, 0.15) is 24.0 Å². The minimum absolute atomic E-state index is 0.854. The highest BCUT2D eigenvalue weighted by Gasteiger charge is 2.23. The maximum absolute atomic E-state index is 5.46. The topological polar surface area (TPSA) is 31.8 Å². The Labute approximate surface area is 575 Å². The van der Waals surface area contributed by atoms with Crippen LogP contribution in [0.25, 0.3) is 0 Å². The van der Waals surface area contributed by atoms with Gasteiger partial charge in [-0.2, -0.15) is 0 Å². The second kappa shape index (κ2) is 29.1. The van der Waals surface area contributed by atoms with Crippen LogP contribution in [0.2, 0.25) is 0 Å². The molecule has 14 aromatic carbocycles. The third-order valence-electron chi connectivity index (χ3n) is 17.6. The Morgan fingerprint density at radius 2 is 0.388 bits per heavy atom. The van der Waals surface area contributed by atoms with E-state index in [1.165, 1.54) is 5.70 Å². The predicted molar refractivity (Wildman–Crippen MR) is 413 cm³/mol. The summed E-state index contributed by atoms with van der Waals surface area (Å²) in [6, 6.07) is 138. The van der Waals surface area contributed by atoms with Crippen LogP contribution in [0.5, 0.6) is 0 Å². The molecular weight excluding hydrogens is 1190 g/mol. The van der Waals surface area contributed by atoms with Crippen molar-refractivity contribution in [3.63, 3.8) is 0 Å². The molecule has 0 amide bonds. The van der Waals surface area contributed by atoms with E-state index in [9.17, 15) is 0 Å². The van der Waals surface area contributed by atoms with Crippen molar-refractivity contribution >= 4 is 108 Å². The lowest BCUT2D eigenvalue weighted by Gasteiger charge is -2.30. The van der Waals surface area contributed by atoms with E-state index < -0.39 is 0 Å². The van der Waals surface area contributed by atoms with Gasteiger partial charge in [-0.25, -0.2) is 4.99 Å². The fourth-order valence-electron chi connectivity index (χ4n) is 13.0. The minimum Gasteiger partial charge on any atom is -0.311 e. The first-order valence-electron chi connectivity index (χ1n) is 33.4. The van der Waals surface area contributed by atoms with Crippen molar-refractivity contribution in [2.75, 3.05) is 29.4 Å². The second-order valence-electron chi connectivity index (χ2n) is 23.9. The lowest BCUT2D eigenvalue weighted by molar-refractivity contribution is 0.997. The zero-order chi connectivity index (χ0) is 65.7. The molecule has 0 bridgehead atoms. The molecule has 0 heterocycles. The highest BCUT2D eigenvalue weighted by atomic mass is 15.2. The standard InChI is InChI=1S/C91H71N7/c1-10-28-72(29-11-1)92-91(70-46-50-81(51-47-70)97(87-62-54-83(55-63-87)93(73-30-12-2-13-31-73)74-32-14-3-15-33-74)88-64-56-84(57-65-88)94(75-34-16-4-17-35-75)76-36-18-5-19-37-76)71-48-52-82(53-49-71)98(89-66-58-85(59-67-89)95(77-38-20-6-21-39-77)78-40-22-7-23-41-78)90-68-60-86(61-69-90)96(79-42-24-8-25-43-79)80-44-26-9-27-45-80/h1-8,10-26,28-69H,9,27H2/b92-91-. The van der Waals surface area contributed by atoms with Gasteiger partial charge in [0.15, 0.2) is 0 Å². The molecule has 0 fully saturated rings. The van der Waals surface area contributed by atoms with Gasteiger partial charge in [0.2, 0.25) is 0 Å². The fourth-order valence-corrected chi connectivity index (χ4v) is 13.0. The van der Waals surface area contributed by atoms with Crippen molar-refractivity contribution in [1.82, 2.24) is 0 Å². The predicted octanol–water partition coefficient (Wildman–Crippen LogP) is 25.6. The molecular formula is C91H71N7. The fraction of sp³-hybridized carbons (Fsp3) is 0.0220. The van der Waals surface area contributed by atoms with Crippen LogP contribution in [0, 0.1) is 0 Å². The minimum atomic E-state index is 0.854. The van der Waals surface area contributed by atoms with Gasteiger partial charge in [-0.3, -0.25) is 0 Å². The van der Waals surface area contributed by atoms with Crippen molar-refractivity contribution in [3.8, 4) is 0 Å². The lowest BCUT2D eigenvalue weighted by Crippen LogP contribution is -2.16. The summed E-state index contributed by atoms with van der Waals surface area (Å²) in [5.74, 6) is 0. The molecule has 0 unspecified atom stereocenters. The molecule has 470 valence electrons. The molecule has 0 atom stereocenters. The smallest absolute Gasteiger partial charge is 0.0781 e. The summed E-state index contributed by atoms with van der Waals surface area (Å²) >= 11 is 0. The Morgan fingerprint density at radius 1 is 0.194 bits per heavy atom. The molecule has 0 N–H and O–H groups in total. The number of benzene rings is 14. The van der Waals surface area contributed by atoms with Crippen molar-refractivity contribution in [1.29, 1.82) is 0 Å². The van der Waals surface area contributed by atoms with E-state index in [1.54, 1.807) is 0 Å². The molecule has 7 heteroatoms. The number of hydrogen-bond donors (Lipinski definition) is 0. The number of anilines is 17. The molecule has 14 aromatic rings. The van der Waals surface area contributed by atoms with Gasteiger partial charge in [0.25, 0.3) is 0 Å². The second-order valence-corrected chi connectivity index (χ2v) is 23.9. The van der Waals surface area contributed by atoms with Gasteiger partial charge in [0, 0.05) is 114 Å². The van der Waals surface area contributed by atoms with Crippen LogP contribution >= 0.6 is 0 Å². The zero-order valence-electron chi connectivity index (χ0n) is 54.2. The van der Waals surface area contributed by atoms with Crippen molar-refractivity contribution in [3.05, 3.63) is 423 Å². The average Bonchev–Trinajstić information content (AvgIpc) is 0.810. The lowest BCUT2D eigenvalue weighted by atomic mass is 10.0. The van der Waals surface area contributed by atoms with Crippen LogP contribution in [-0.4, -0.2) is 5.71 Å². The van der Waals surface area contributed by atoms with E-state index in [2.05, 4.69) is 418 Å². The van der Waals surface area contributed by atoms with Gasteiger partial charge in [0.05, 0.1) is 11.4 Å². The number of nitrogens with zero attached hydrogens (tertiary/aromatic N) is 7. The van der Waals surface area contributed by atoms with Gasteiger partial charge >= 0.3 is 0 Å². The monoisotopic (exact) mass is 1260 g/mol. The van der Waals surface area contributed by atoms with E-state index in [4.69, 9.17) is 4.99 Å². The maximum atomic E-state index is 5.46. The third-order valence-corrected chi connectivity index (χ3v) is 17.6. The summed E-state index contributed by atoms with van der Waals surface area (Å²) in [6.45, 7) is 0. The van der Waals surface area contributed by atoms with Crippen LogP contribution in [0.15, 0.2) is 417 Å². The first kappa shape index (κ1) is 61.2. The largest absolute Gasteiger partial charge is 0.311 e. The zero-order valence-corrected chi connectivity index (χ0v) is 54.2. The van der Waals surface area contributed by atoms with Crippen LogP contribution < -0.4 is 29.4 Å². The van der Waals surface area contributed by atoms with Gasteiger partial charge < -0.3 is 29.4 Å². The Hall–Kier alpha value is -13.0. The van der Waals surface area contributed by atoms with Gasteiger partial charge in [-0.05, 0) is 237 Å². The summed E-state index contributed by atoms with van der Waals surface area (Å²) in [6.07, 6.45) is 8.89. The van der Waals surface area contributed by atoms with Crippen molar-refractivity contribution in [2.24, 2.45) is 4.99 Å². The quantitative estimate of drug-likeness (QED) is 0.0667. The van der Waals surface area contributed by atoms with Gasteiger partial charge in [-0.1, -0.05) is 182 Å². The summed E-state index contributed by atoms with van der Waals surface area (Å²) < 4.78 is 0. The van der Waals surface area contributed by atoms with Gasteiger partial charge in [-0.15, -0.1) is 0 Å².